The molecule has 0 unspecified atom stereocenters. The Labute approximate surface area is 195 Å². The van der Waals surface area contributed by atoms with Crippen molar-refractivity contribution in [2.75, 3.05) is 19.6 Å². The van der Waals surface area contributed by atoms with Gasteiger partial charge in [0.25, 0.3) is 0 Å². The first kappa shape index (κ1) is 21.8. The maximum Gasteiger partial charge on any atom is 0.243 e. The topological polar surface area (TPSA) is 65.5 Å². The lowest BCUT2D eigenvalue weighted by Crippen LogP contribution is -2.68. The van der Waals surface area contributed by atoms with E-state index in [1.54, 1.807) is 6.20 Å². The fourth-order valence-corrected chi connectivity index (χ4v) is 5.93. The zero-order valence-electron chi connectivity index (χ0n) is 19.0. The predicted molar refractivity (Wildman–Crippen MR) is 128 cm³/mol. The predicted octanol–water partition coefficient (Wildman–Crippen LogP) is 3.11. The van der Waals surface area contributed by atoms with Gasteiger partial charge in [-0.3, -0.25) is 19.5 Å². The van der Waals surface area contributed by atoms with Crippen LogP contribution in [0.3, 0.4) is 0 Å². The van der Waals surface area contributed by atoms with E-state index in [1.807, 2.05) is 41.3 Å². The molecule has 0 spiro atoms. The molecule has 1 N–H and O–H groups in total. The van der Waals surface area contributed by atoms with E-state index in [2.05, 4.69) is 39.5 Å². The van der Waals surface area contributed by atoms with Crippen molar-refractivity contribution in [2.24, 2.45) is 11.8 Å². The SMILES string of the molecule is O=C(NCc1ccccn1)[C@H]1[C@H]2C[C@H](CN(C/C=C/c3ccccc3)C2)[C@@H]2CCCC(=O)N21. The summed E-state index contributed by atoms with van der Waals surface area (Å²) in [6.07, 6.45) is 9.63. The van der Waals surface area contributed by atoms with Crippen molar-refractivity contribution in [2.45, 2.75) is 44.3 Å². The van der Waals surface area contributed by atoms with Crippen LogP contribution < -0.4 is 5.32 Å². The molecule has 5 rings (SSSR count). The molecule has 6 nitrogen and oxygen atoms in total. The smallest absolute Gasteiger partial charge is 0.243 e. The molecular formula is C27H32N4O2. The van der Waals surface area contributed by atoms with Gasteiger partial charge >= 0.3 is 0 Å². The number of nitrogens with zero attached hydrogens (tertiary/aromatic N) is 3. The Bertz CT molecular complexity index is 994. The molecule has 0 aliphatic carbocycles. The highest BCUT2D eigenvalue weighted by atomic mass is 16.2. The highest BCUT2D eigenvalue weighted by Crippen LogP contribution is 2.41. The normalized spacial score (nSPS) is 27.4. The van der Waals surface area contributed by atoms with Gasteiger partial charge in [0, 0.05) is 44.2 Å². The number of amides is 2. The summed E-state index contributed by atoms with van der Waals surface area (Å²) in [5.41, 5.74) is 2.03. The molecule has 33 heavy (non-hydrogen) atoms. The van der Waals surface area contributed by atoms with Gasteiger partial charge in [-0.05, 0) is 42.9 Å². The van der Waals surface area contributed by atoms with Crippen LogP contribution >= 0.6 is 0 Å². The Morgan fingerprint density at radius 1 is 1.09 bits per heavy atom. The summed E-state index contributed by atoms with van der Waals surface area (Å²) in [5, 5.41) is 3.08. The van der Waals surface area contributed by atoms with Crippen LogP contribution in [-0.4, -0.2) is 58.3 Å². The van der Waals surface area contributed by atoms with Crippen molar-refractivity contribution in [1.82, 2.24) is 20.1 Å². The number of carbonyl (C=O) groups is 2. The maximum absolute atomic E-state index is 13.4. The van der Waals surface area contributed by atoms with Gasteiger partial charge in [-0.25, -0.2) is 0 Å². The molecule has 2 bridgehead atoms. The second-order valence-electron chi connectivity index (χ2n) is 9.53. The lowest BCUT2D eigenvalue weighted by Gasteiger charge is -2.55. The Kier molecular flexibility index (Phi) is 6.53. The number of hydrogen-bond acceptors (Lipinski definition) is 4. The van der Waals surface area contributed by atoms with E-state index in [9.17, 15) is 9.59 Å². The number of hydrogen-bond donors (Lipinski definition) is 1. The van der Waals surface area contributed by atoms with Crippen LogP contribution in [-0.2, 0) is 16.1 Å². The second kappa shape index (κ2) is 9.87. The van der Waals surface area contributed by atoms with Crippen molar-refractivity contribution >= 4 is 17.9 Å². The highest BCUT2D eigenvalue weighted by molar-refractivity contribution is 5.89. The lowest BCUT2D eigenvalue weighted by atomic mass is 9.71. The van der Waals surface area contributed by atoms with Gasteiger partial charge < -0.3 is 10.2 Å². The fourth-order valence-electron chi connectivity index (χ4n) is 5.93. The summed E-state index contributed by atoms with van der Waals surface area (Å²) in [6, 6.07) is 15.8. The number of nitrogens with one attached hydrogen (secondary N) is 1. The van der Waals surface area contributed by atoms with Crippen LogP contribution in [0.2, 0.25) is 0 Å². The number of likely N-dealkylation sites (tertiary alicyclic amines) is 1. The molecule has 0 saturated carbocycles. The molecule has 1 aromatic heterocycles. The molecule has 4 heterocycles. The first-order valence-corrected chi connectivity index (χ1v) is 12.1. The van der Waals surface area contributed by atoms with Crippen molar-refractivity contribution in [3.63, 3.8) is 0 Å². The van der Waals surface area contributed by atoms with Crippen LogP contribution in [0.1, 0.15) is 36.9 Å². The summed E-state index contributed by atoms with van der Waals surface area (Å²) in [6.45, 7) is 3.09. The van der Waals surface area contributed by atoms with Gasteiger partial charge in [0.1, 0.15) is 6.04 Å². The molecule has 3 aliphatic rings. The fraction of sp³-hybridized carbons (Fsp3) is 0.444. The number of carbonyl (C=O) groups excluding carboxylic acids is 2. The number of rotatable bonds is 6. The van der Waals surface area contributed by atoms with Crippen molar-refractivity contribution in [3.05, 3.63) is 72.1 Å². The molecule has 2 aromatic rings. The Hall–Kier alpha value is -2.99. The van der Waals surface area contributed by atoms with Crippen LogP contribution in [0.5, 0.6) is 0 Å². The zero-order valence-corrected chi connectivity index (χ0v) is 19.0. The number of fused-ring (bicyclic) bond motifs is 4. The number of benzene rings is 1. The molecular weight excluding hydrogens is 412 g/mol. The molecule has 1 aromatic carbocycles. The molecule has 0 radical (unpaired) electrons. The standard InChI is InChI=1S/C27H32N4O2/c32-25-13-6-12-24-21-16-22(19-30(18-21)15-7-10-20-8-2-1-3-9-20)26(31(24)25)27(33)29-17-23-11-4-5-14-28-23/h1-5,7-11,14,21-22,24,26H,6,12-13,15-19H2,(H,29,33)/b10-7+/t21-,22+,24+,26-/m1/s1. The van der Waals surface area contributed by atoms with Gasteiger partial charge in [0.15, 0.2) is 0 Å². The average Bonchev–Trinajstić information content (AvgIpc) is 2.85. The molecule has 6 heteroatoms. The monoisotopic (exact) mass is 444 g/mol. The third kappa shape index (κ3) is 4.86. The maximum atomic E-state index is 13.4. The first-order valence-electron chi connectivity index (χ1n) is 12.1. The second-order valence-corrected chi connectivity index (χ2v) is 9.53. The molecule has 2 amide bonds. The van der Waals surface area contributed by atoms with E-state index < -0.39 is 0 Å². The van der Waals surface area contributed by atoms with Crippen LogP contribution in [0.15, 0.2) is 60.8 Å². The quantitative estimate of drug-likeness (QED) is 0.744. The largest absolute Gasteiger partial charge is 0.349 e. The Morgan fingerprint density at radius 3 is 2.73 bits per heavy atom. The van der Waals surface area contributed by atoms with Gasteiger partial charge in [-0.15, -0.1) is 0 Å². The lowest BCUT2D eigenvalue weighted by molar-refractivity contribution is -0.160. The molecule has 3 aliphatic heterocycles. The van der Waals surface area contributed by atoms with Gasteiger partial charge in [-0.1, -0.05) is 48.6 Å². The van der Waals surface area contributed by atoms with Gasteiger partial charge in [-0.2, -0.15) is 0 Å². The third-order valence-electron chi connectivity index (χ3n) is 7.33. The molecule has 3 fully saturated rings. The minimum Gasteiger partial charge on any atom is -0.349 e. The van der Waals surface area contributed by atoms with Gasteiger partial charge in [0.05, 0.1) is 12.2 Å². The number of pyridine rings is 1. The molecule has 4 atom stereocenters. The van der Waals surface area contributed by atoms with E-state index >= 15 is 0 Å². The molecule has 3 saturated heterocycles. The van der Waals surface area contributed by atoms with E-state index in [0.717, 1.165) is 44.6 Å². The van der Waals surface area contributed by atoms with Gasteiger partial charge in [0.2, 0.25) is 11.8 Å². The summed E-state index contributed by atoms with van der Waals surface area (Å²) in [5.74, 6) is 0.719. The summed E-state index contributed by atoms with van der Waals surface area (Å²) >= 11 is 0. The summed E-state index contributed by atoms with van der Waals surface area (Å²) in [7, 11) is 0. The summed E-state index contributed by atoms with van der Waals surface area (Å²) in [4.78, 5) is 35.1. The average molecular weight is 445 g/mol. The Balaban J connectivity index is 1.30. The minimum atomic E-state index is -0.385. The number of piperidine rings is 3. The van der Waals surface area contributed by atoms with Crippen molar-refractivity contribution in [1.29, 1.82) is 0 Å². The Morgan fingerprint density at radius 2 is 1.91 bits per heavy atom. The van der Waals surface area contributed by atoms with E-state index in [1.165, 1.54) is 5.56 Å². The minimum absolute atomic E-state index is 0.0361. The molecule has 172 valence electrons. The van der Waals surface area contributed by atoms with Crippen LogP contribution in [0, 0.1) is 11.8 Å². The van der Waals surface area contributed by atoms with E-state index in [0.29, 0.717) is 18.9 Å². The highest BCUT2D eigenvalue weighted by Gasteiger charge is 2.51. The first-order chi connectivity index (χ1) is 16.2. The van der Waals surface area contributed by atoms with E-state index in [-0.39, 0.29) is 29.8 Å². The van der Waals surface area contributed by atoms with Crippen molar-refractivity contribution in [3.8, 4) is 0 Å². The van der Waals surface area contributed by atoms with Crippen LogP contribution in [0.25, 0.3) is 6.08 Å². The van der Waals surface area contributed by atoms with Crippen LogP contribution in [0.4, 0.5) is 0 Å². The third-order valence-corrected chi connectivity index (χ3v) is 7.33. The zero-order chi connectivity index (χ0) is 22.6. The summed E-state index contributed by atoms with van der Waals surface area (Å²) < 4.78 is 0. The number of aromatic nitrogens is 1. The van der Waals surface area contributed by atoms with Crippen molar-refractivity contribution < 1.29 is 9.59 Å². The van der Waals surface area contributed by atoms with E-state index in [4.69, 9.17) is 0 Å².